The van der Waals surface area contributed by atoms with E-state index in [4.69, 9.17) is 4.74 Å². The molecule has 6 nitrogen and oxygen atoms in total. The van der Waals surface area contributed by atoms with E-state index in [1.54, 1.807) is 16.2 Å². The van der Waals surface area contributed by atoms with Gasteiger partial charge in [0.25, 0.3) is 0 Å². The van der Waals surface area contributed by atoms with Gasteiger partial charge >= 0.3 is 6.03 Å². The summed E-state index contributed by atoms with van der Waals surface area (Å²) in [5, 5.41) is 8.62. The van der Waals surface area contributed by atoms with Crippen molar-refractivity contribution in [1.29, 1.82) is 0 Å². The van der Waals surface area contributed by atoms with Crippen molar-refractivity contribution in [1.82, 2.24) is 5.32 Å². The number of nitrogens with one attached hydrogen (secondary N) is 2. The van der Waals surface area contributed by atoms with Crippen LogP contribution in [-0.2, 0) is 9.53 Å². The number of amides is 2. The molecule has 2 aliphatic heterocycles. The molecule has 0 spiro atoms. The third kappa shape index (κ3) is 3.95. The minimum absolute atomic E-state index is 0.0476. The number of ketones is 1. The average molecular weight is 452 g/mol. The van der Waals surface area contributed by atoms with Crippen molar-refractivity contribution in [2.45, 2.75) is 51.7 Å². The number of rotatable bonds is 3. The maximum Gasteiger partial charge on any atom is 0.322 e. The summed E-state index contributed by atoms with van der Waals surface area (Å²) in [7, 11) is 0. The van der Waals surface area contributed by atoms with E-state index in [9.17, 15) is 9.59 Å². The largest absolute Gasteiger partial charge is 0.376 e. The number of Topliss-reactive ketones (excluding diaryl/α,β-unsaturated/α-hetero) is 1. The molecule has 2 amide bonds. The van der Waals surface area contributed by atoms with E-state index in [0.29, 0.717) is 18.5 Å². The Bertz CT molecular complexity index is 1050. The van der Waals surface area contributed by atoms with E-state index in [2.05, 4.69) is 24.5 Å². The third-order valence-electron chi connectivity index (χ3n) is 6.44. The highest BCUT2D eigenvalue weighted by molar-refractivity contribution is 7.10. The first-order valence-corrected chi connectivity index (χ1v) is 12.2. The van der Waals surface area contributed by atoms with Gasteiger partial charge in [-0.05, 0) is 48.3 Å². The lowest BCUT2D eigenvalue weighted by atomic mass is 9.74. The number of hydrogen-bond donors (Lipinski definition) is 2. The number of urea groups is 1. The van der Waals surface area contributed by atoms with Crippen LogP contribution in [0.15, 0.2) is 53.0 Å². The molecular weight excluding hydrogens is 422 g/mol. The van der Waals surface area contributed by atoms with E-state index in [-0.39, 0.29) is 23.3 Å². The van der Waals surface area contributed by atoms with Crippen LogP contribution in [0.25, 0.3) is 0 Å². The van der Waals surface area contributed by atoms with Crippen molar-refractivity contribution < 1.29 is 14.3 Å². The molecule has 3 aliphatic rings. The molecule has 0 radical (unpaired) electrons. The molecule has 1 saturated heterocycles. The smallest absolute Gasteiger partial charge is 0.322 e. The number of hydrogen-bond acceptors (Lipinski definition) is 5. The SMILES string of the molecule is CC1(C)CC(=O)C2=C(C1)Nc1ccccc1N(C(=O)NC[C@H]1CCCO1)[C@H]2c1cccs1. The number of benzene rings is 1. The van der Waals surface area contributed by atoms with Gasteiger partial charge in [0.15, 0.2) is 5.78 Å². The molecule has 2 atom stereocenters. The molecule has 1 aromatic heterocycles. The van der Waals surface area contributed by atoms with E-state index in [0.717, 1.165) is 47.8 Å². The molecule has 168 valence electrons. The molecule has 2 aromatic rings. The summed E-state index contributed by atoms with van der Waals surface area (Å²) in [6.07, 6.45) is 3.25. The third-order valence-corrected chi connectivity index (χ3v) is 7.36. The molecule has 2 N–H and O–H groups in total. The molecule has 1 fully saturated rings. The minimum Gasteiger partial charge on any atom is -0.376 e. The van der Waals surface area contributed by atoms with Gasteiger partial charge in [0.2, 0.25) is 0 Å². The number of allylic oxidation sites excluding steroid dienone is 1. The second kappa shape index (κ2) is 8.37. The van der Waals surface area contributed by atoms with Gasteiger partial charge < -0.3 is 15.4 Å². The topological polar surface area (TPSA) is 70.7 Å². The normalized spacial score (nSPS) is 24.4. The molecule has 32 heavy (non-hydrogen) atoms. The van der Waals surface area contributed by atoms with Crippen LogP contribution >= 0.6 is 11.3 Å². The molecular formula is C25H29N3O3S. The van der Waals surface area contributed by atoms with Crippen LogP contribution in [0, 0.1) is 5.41 Å². The first kappa shape index (κ1) is 21.2. The molecule has 7 heteroatoms. The predicted octanol–water partition coefficient (Wildman–Crippen LogP) is 5.25. The van der Waals surface area contributed by atoms with Crippen molar-refractivity contribution >= 4 is 34.5 Å². The molecule has 5 rings (SSSR count). The summed E-state index contributed by atoms with van der Waals surface area (Å²) in [5.41, 5.74) is 3.11. The van der Waals surface area contributed by atoms with Crippen LogP contribution < -0.4 is 15.5 Å². The zero-order valence-electron chi connectivity index (χ0n) is 18.5. The molecule has 0 unspecified atom stereocenters. The van der Waals surface area contributed by atoms with Gasteiger partial charge in [-0.25, -0.2) is 4.79 Å². The summed E-state index contributed by atoms with van der Waals surface area (Å²) in [4.78, 5) is 30.0. The standard InChI is InChI=1S/C25H29N3O3S/c1-25(2)13-18-22(20(29)14-25)23(21-10-6-12-32-21)28(19-9-4-3-8-17(19)27-18)24(30)26-15-16-7-5-11-31-16/h3-4,6,8-10,12,16,23,27H,5,7,11,13-15H2,1-2H3,(H,26,30)/t16-,23+/m1/s1. The van der Waals surface area contributed by atoms with Gasteiger partial charge in [-0.2, -0.15) is 0 Å². The summed E-state index contributed by atoms with van der Waals surface area (Å²) in [6.45, 7) is 5.46. The Morgan fingerprint density at radius 3 is 2.84 bits per heavy atom. The summed E-state index contributed by atoms with van der Waals surface area (Å²) in [6, 6.07) is 11.1. The number of thiophene rings is 1. The quantitative estimate of drug-likeness (QED) is 0.668. The maximum absolute atomic E-state index is 13.7. The Hall–Kier alpha value is -2.64. The van der Waals surface area contributed by atoms with Gasteiger partial charge in [0, 0.05) is 35.7 Å². The van der Waals surface area contributed by atoms with Crippen LogP contribution in [0.2, 0.25) is 0 Å². The van der Waals surface area contributed by atoms with Gasteiger partial charge in [0.1, 0.15) is 6.04 Å². The average Bonchev–Trinajstić information content (AvgIpc) is 3.43. The highest BCUT2D eigenvalue weighted by atomic mass is 32.1. The van der Waals surface area contributed by atoms with Crippen molar-refractivity contribution in [3.8, 4) is 0 Å². The molecule has 1 aromatic carbocycles. The van der Waals surface area contributed by atoms with E-state index < -0.39 is 6.04 Å². The molecule has 0 saturated carbocycles. The summed E-state index contributed by atoms with van der Waals surface area (Å²) in [5.74, 6) is 0.104. The fraction of sp³-hybridized carbons (Fsp3) is 0.440. The van der Waals surface area contributed by atoms with Crippen molar-refractivity contribution in [3.05, 3.63) is 57.9 Å². The van der Waals surface area contributed by atoms with Gasteiger partial charge in [0.05, 0.1) is 17.5 Å². The predicted molar refractivity (Wildman–Crippen MR) is 127 cm³/mol. The van der Waals surface area contributed by atoms with E-state index in [1.165, 1.54) is 0 Å². The summed E-state index contributed by atoms with van der Waals surface area (Å²) >= 11 is 1.58. The molecule has 0 bridgehead atoms. The van der Waals surface area contributed by atoms with Crippen molar-refractivity contribution in [2.75, 3.05) is 23.4 Å². The Kier molecular flexibility index (Phi) is 5.55. The van der Waals surface area contributed by atoms with Gasteiger partial charge in [-0.3, -0.25) is 9.69 Å². The zero-order valence-corrected chi connectivity index (χ0v) is 19.3. The lowest BCUT2D eigenvalue weighted by molar-refractivity contribution is -0.118. The van der Waals surface area contributed by atoms with Crippen LogP contribution in [0.4, 0.5) is 16.2 Å². The Morgan fingerprint density at radius 1 is 1.25 bits per heavy atom. The number of carbonyl (C=O) groups is 2. The fourth-order valence-corrected chi connectivity index (χ4v) is 5.84. The van der Waals surface area contributed by atoms with E-state index in [1.807, 2.05) is 41.8 Å². The minimum atomic E-state index is -0.464. The first-order valence-electron chi connectivity index (χ1n) is 11.3. The van der Waals surface area contributed by atoms with Crippen molar-refractivity contribution in [2.24, 2.45) is 5.41 Å². The fourth-order valence-electron chi connectivity index (χ4n) is 5.02. The lowest BCUT2D eigenvalue weighted by Gasteiger charge is -2.36. The molecule has 3 heterocycles. The zero-order chi connectivity index (χ0) is 22.3. The number of para-hydroxylation sites is 2. The maximum atomic E-state index is 13.7. The number of nitrogens with zero attached hydrogens (tertiary/aromatic N) is 1. The Morgan fingerprint density at radius 2 is 2.09 bits per heavy atom. The highest BCUT2D eigenvalue weighted by Crippen LogP contribution is 2.48. The monoisotopic (exact) mass is 451 g/mol. The Labute approximate surface area is 192 Å². The number of fused-ring (bicyclic) bond motifs is 1. The van der Waals surface area contributed by atoms with Crippen molar-refractivity contribution in [3.63, 3.8) is 0 Å². The van der Waals surface area contributed by atoms with Gasteiger partial charge in [-0.1, -0.05) is 32.0 Å². The number of ether oxygens (including phenoxy) is 1. The second-order valence-corrected chi connectivity index (χ2v) is 10.6. The Balaban J connectivity index is 1.61. The van der Waals surface area contributed by atoms with Crippen LogP contribution in [0.3, 0.4) is 0 Å². The van der Waals surface area contributed by atoms with Crippen LogP contribution in [0.1, 0.15) is 50.4 Å². The highest BCUT2D eigenvalue weighted by Gasteiger charge is 2.43. The van der Waals surface area contributed by atoms with Crippen LogP contribution in [-0.4, -0.2) is 31.1 Å². The molecule has 1 aliphatic carbocycles. The summed E-state index contributed by atoms with van der Waals surface area (Å²) < 4.78 is 5.70. The first-order chi connectivity index (χ1) is 15.4. The number of carbonyl (C=O) groups excluding carboxylic acids is 2. The van der Waals surface area contributed by atoms with E-state index >= 15 is 0 Å². The van der Waals surface area contributed by atoms with Gasteiger partial charge in [-0.15, -0.1) is 11.3 Å². The second-order valence-electron chi connectivity index (χ2n) is 9.58. The lowest BCUT2D eigenvalue weighted by Crippen LogP contribution is -2.46. The van der Waals surface area contributed by atoms with Crippen LogP contribution in [0.5, 0.6) is 0 Å². The number of anilines is 2.